The Hall–Kier alpha value is -2.51. The highest BCUT2D eigenvalue weighted by atomic mass is 35.5. The van der Waals surface area contributed by atoms with Gasteiger partial charge in [0, 0.05) is 24.3 Å². The van der Waals surface area contributed by atoms with Crippen LogP contribution >= 0.6 is 11.6 Å². The van der Waals surface area contributed by atoms with Crippen molar-refractivity contribution in [1.82, 2.24) is 4.90 Å². The van der Waals surface area contributed by atoms with E-state index in [0.29, 0.717) is 21.9 Å². The van der Waals surface area contributed by atoms with E-state index in [4.69, 9.17) is 31.5 Å². The third kappa shape index (κ3) is 4.15. The molecule has 0 spiro atoms. The lowest BCUT2D eigenvalue weighted by Crippen LogP contribution is -2.35. The lowest BCUT2D eigenvalue weighted by atomic mass is 9.81. The van der Waals surface area contributed by atoms with Crippen molar-refractivity contribution in [3.63, 3.8) is 0 Å². The van der Waals surface area contributed by atoms with Crippen LogP contribution in [0.15, 0.2) is 47.0 Å². The Balaban J connectivity index is 2.80. The molecule has 1 aliphatic rings. The fourth-order valence-corrected chi connectivity index (χ4v) is 3.38. The van der Waals surface area contributed by atoms with E-state index in [-0.39, 0.29) is 31.2 Å². The molecule has 0 saturated heterocycles. The average Bonchev–Trinajstić information content (AvgIpc) is 2.68. The Bertz CT molecular complexity index is 819. The summed E-state index contributed by atoms with van der Waals surface area (Å²) >= 11 is 6.43. The standard InChI is InChI=1S/C20H25ClN2O5/c1-5-27-20(25)17-16(13-8-6-7-9-14(13)21)15(19(24)26-4)12(2)23(3)18(17)28-11-10-22/h6-9,16H,5,10-11,22H2,1-4H3. The first-order chi connectivity index (χ1) is 13.4. The van der Waals surface area contributed by atoms with Crippen LogP contribution in [0.5, 0.6) is 0 Å². The number of carbonyl (C=O) groups is 2. The third-order valence-corrected chi connectivity index (χ3v) is 4.82. The number of hydrogen-bond donors (Lipinski definition) is 1. The van der Waals surface area contributed by atoms with Gasteiger partial charge < -0.3 is 24.8 Å². The van der Waals surface area contributed by atoms with Crippen LogP contribution in [0.4, 0.5) is 0 Å². The summed E-state index contributed by atoms with van der Waals surface area (Å²) in [6, 6.07) is 7.01. The molecule has 1 heterocycles. The summed E-state index contributed by atoms with van der Waals surface area (Å²) in [5.74, 6) is -1.68. The quantitative estimate of drug-likeness (QED) is 0.693. The largest absolute Gasteiger partial charge is 0.477 e. The number of rotatable bonds is 7. The predicted octanol–water partition coefficient (Wildman–Crippen LogP) is 2.57. The van der Waals surface area contributed by atoms with Crippen LogP contribution in [0.2, 0.25) is 5.02 Å². The minimum absolute atomic E-state index is 0.168. The Labute approximate surface area is 169 Å². The lowest BCUT2D eigenvalue weighted by Gasteiger charge is -2.36. The number of allylic oxidation sites excluding steroid dienone is 1. The molecule has 1 aromatic carbocycles. The van der Waals surface area contributed by atoms with E-state index in [1.165, 1.54) is 7.11 Å². The minimum Gasteiger partial charge on any atom is -0.477 e. The number of hydrogen-bond acceptors (Lipinski definition) is 7. The van der Waals surface area contributed by atoms with Gasteiger partial charge in [-0.25, -0.2) is 9.59 Å². The number of esters is 2. The molecule has 1 aromatic rings. The monoisotopic (exact) mass is 408 g/mol. The Morgan fingerprint density at radius 3 is 2.46 bits per heavy atom. The second-order valence-corrected chi connectivity index (χ2v) is 6.49. The fourth-order valence-electron chi connectivity index (χ4n) is 3.13. The number of methoxy groups -OCH3 is 1. The van der Waals surface area contributed by atoms with Gasteiger partial charge >= 0.3 is 11.9 Å². The summed E-state index contributed by atoms with van der Waals surface area (Å²) in [7, 11) is 2.99. The maximum Gasteiger partial charge on any atom is 0.340 e. The van der Waals surface area contributed by atoms with Crippen molar-refractivity contribution in [2.24, 2.45) is 5.73 Å². The first-order valence-electron chi connectivity index (χ1n) is 8.90. The summed E-state index contributed by atoms with van der Waals surface area (Å²) in [5.41, 5.74) is 7.21. The molecule has 28 heavy (non-hydrogen) atoms. The molecule has 152 valence electrons. The predicted molar refractivity (Wildman–Crippen MR) is 105 cm³/mol. The van der Waals surface area contributed by atoms with Gasteiger partial charge in [-0.15, -0.1) is 0 Å². The smallest absolute Gasteiger partial charge is 0.340 e. The Kier molecular flexibility index (Phi) is 7.48. The average molecular weight is 409 g/mol. The van der Waals surface area contributed by atoms with Gasteiger partial charge in [0.25, 0.3) is 0 Å². The minimum atomic E-state index is -0.802. The molecule has 1 aliphatic heterocycles. The highest BCUT2D eigenvalue weighted by Gasteiger charge is 2.42. The van der Waals surface area contributed by atoms with E-state index in [1.54, 1.807) is 50.1 Å². The van der Waals surface area contributed by atoms with Crippen LogP contribution in [0, 0.1) is 0 Å². The molecule has 0 saturated carbocycles. The van der Waals surface area contributed by atoms with Crippen LogP contribution in [0.3, 0.4) is 0 Å². The van der Waals surface area contributed by atoms with Gasteiger partial charge in [0.1, 0.15) is 12.2 Å². The molecule has 0 amide bonds. The van der Waals surface area contributed by atoms with Gasteiger partial charge in [-0.3, -0.25) is 0 Å². The molecule has 0 aliphatic carbocycles. The summed E-state index contributed by atoms with van der Waals surface area (Å²) in [5, 5.41) is 0.409. The molecule has 1 atom stereocenters. The second-order valence-electron chi connectivity index (χ2n) is 6.08. The summed E-state index contributed by atoms with van der Waals surface area (Å²) < 4.78 is 16.1. The first-order valence-corrected chi connectivity index (χ1v) is 9.28. The highest BCUT2D eigenvalue weighted by molar-refractivity contribution is 6.31. The second kappa shape index (κ2) is 9.61. The van der Waals surface area contributed by atoms with Crippen LogP contribution in [-0.2, 0) is 23.8 Å². The van der Waals surface area contributed by atoms with E-state index >= 15 is 0 Å². The maximum absolute atomic E-state index is 12.9. The molecule has 0 aromatic heterocycles. The number of carbonyl (C=O) groups excluding carboxylic acids is 2. The van der Waals surface area contributed by atoms with Crippen molar-refractivity contribution in [3.8, 4) is 0 Å². The van der Waals surface area contributed by atoms with Crippen LogP contribution in [0.25, 0.3) is 0 Å². The number of nitrogens with zero attached hydrogens (tertiary/aromatic N) is 1. The molecule has 8 heteroatoms. The van der Waals surface area contributed by atoms with Gasteiger partial charge in [0.2, 0.25) is 5.88 Å². The van der Waals surface area contributed by atoms with Crippen LogP contribution < -0.4 is 5.73 Å². The van der Waals surface area contributed by atoms with Crippen molar-refractivity contribution in [3.05, 3.63) is 57.6 Å². The van der Waals surface area contributed by atoms with Crippen molar-refractivity contribution in [2.75, 3.05) is 33.9 Å². The van der Waals surface area contributed by atoms with Crippen molar-refractivity contribution < 1.29 is 23.8 Å². The molecule has 1 unspecified atom stereocenters. The Morgan fingerprint density at radius 2 is 1.89 bits per heavy atom. The normalized spacial score (nSPS) is 16.9. The maximum atomic E-state index is 12.9. The molecular weight excluding hydrogens is 384 g/mol. The van der Waals surface area contributed by atoms with E-state index in [0.717, 1.165) is 0 Å². The third-order valence-electron chi connectivity index (χ3n) is 4.48. The van der Waals surface area contributed by atoms with E-state index in [9.17, 15) is 9.59 Å². The van der Waals surface area contributed by atoms with Gasteiger partial charge in [-0.2, -0.15) is 0 Å². The zero-order valence-corrected chi connectivity index (χ0v) is 17.2. The SMILES string of the molecule is CCOC(=O)C1=C(OCCN)N(C)C(C)=C(C(=O)OC)C1c1ccccc1Cl. The summed E-state index contributed by atoms with van der Waals surface area (Å²) in [4.78, 5) is 27.2. The first kappa shape index (κ1) is 21.8. The topological polar surface area (TPSA) is 91.1 Å². The van der Waals surface area contributed by atoms with Gasteiger partial charge in [-0.05, 0) is 25.5 Å². The zero-order chi connectivity index (χ0) is 20.8. The number of ether oxygens (including phenoxy) is 3. The van der Waals surface area contributed by atoms with Crippen LogP contribution in [0.1, 0.15) is 25.3 Å². The zero-order valence-electron chi connectivity index (χ0n) is 16.5. The molecule has 2 rings (SSSR count). The molecule has 7 nitrogen and oxygen atoms in total. The lowest BCUT2D eigenvalue weighted by molar-refractivity contribution is -0.139. The van der Waals surface area contributed by atoms with Gasteiger partial charge in [0.15, 0.2) is 0 Å². The molecule has 0 radical (unpaired) electrons. The Morgan fingerprint density at radius 1 is 1.21 bits per heavy atom. The van der Waals surface area contributed by atoms with Gasteiger partial charge in [0.05, 0.1) is 25.2 Å². The summed E-state index contributed by atoms with van der Waals surface area (Å²) in [6.45, 7) is 4.08. The number of nitrogens with two attached hydrogens (primary N) is 1. The molecule has 2 N–H and O–H groups in total. The van der Waals surface area contributed by atoms with E-state index in [1.807, 2.05) is 0 Å². The fraction of sp³-hybridized carbons (Fsp3) is 0.400. The summed E-state index contributed by atoms with van der Waals surface area (Å²) in [6.07, 6.45) is 0. The van der Waals surface area contributed by atoms with E-state index < -0.39 is 17.9 Å². The molecular formula is C20H25ClN2O5. The van der Waals surface area contributed by atoms with Gasteiger partial charge in [-0.1, -0.05) is 29.8 Å². The molecule has 0 fully saturated rings. The van der Waals surface area contributed by atoms with Crippen molar-refractivity contribution >= 4 is 23.5 Å². The molecule has 0 bridgehead atoms. The number of halogens is 1. The van der Waals surface area contributed by atoms with Crippen molar-refractivity contribution in [2.45, 2.75) is 19.8 Å². The van der Waals surface area contributed by atoms with Crippen molar-refractivity contribution in [1.29, 1.82) is 0 Å². The van der Waals surface area contributed by atoms with Crippen LogP contribution in [-0.4, -0.2) is 50.8 Å². The highest BCUT2D eigenvalue weighted by Crippen LogP contribution is 2.44. The number of benzene rings is 1. The van der Waals surface area contributed by atoms with E-state index in [2.05, 4.69) is 0 Å².